The summed E-state index contributed by atoms with van der Waals surface area (Å²) in [5, 5.41) is 3.72. The van der Waals surface area contributed by atoms with Gasteiger partial charge in [-0.05, 0) is 70.3 Å². The number of hydrogen-bond acceptors (Lipinski definition) is 7. The van der Waals surface area contributed by atoms with Crippen LogP contribution < -0.4 is 15.6 Å². The third-order valence-electron chi connectivity index (χ3n) is 7.74. The van der Waals surface area contributed by atoms with Crippen molar-refractivity contribution >= 4 is 28.5 Å². The molecule has 1 aromatic carbocycles. The molecule has 3 aliphatic rings. The molecule has 3 aliphatic carbocycles. The lowest BCUT2D eigenvalue weighted by atomic mass is 9.42. The quantitative estimate of drug-likeness (QED) is 0.491. The molecule has 3 aromatic rings. The van der Waals surface area contributed by atoms with Gasteiger partial charge in [-0.15, -0.1) is 0 Å². The van der Waals surface area contributed by atoms with E-state index in [1.54, 1.807) is 29.8 Å². The van der Waals surface area contributed by atoms with E-state index in [0.29, 0.717) is 47.3 Å². The Balaban J connectivity index is 1.51. The van der Waals surface area contributed by atoms with E-state index in [9.17, 15) is 14.0 Å². The molecule has 184 valence electrons. The summed E-state index contributed by atoms with van der Waals surface area (Å²) in [6.07, 6.45) is 3.46. The lowest BCUT2D eigenvalue weighted by Gasteiger charge is -2.68. The number of fused-ring (bicyclic) bond motifs is 1. The summed E-state index contributed by atoms with van der Waals surface area (Å²) in [7, 11) is 3.85. The predicted octanol–water partition coefficient (Wildman–Crippen LogP) is 3.88. The van der Waals surface area contributed by atoms with Gasteiger partial charge in [0.15, 0.2) is 17.3 Å². The van der Waals surface area contributed by atoms with Crippen molar-refractivity contribution in [2.45, 2.75) is 39.2 Å². The largest absolute Gasteiger partial charge is 0.489 e. The lowest BCUT2D eigenvalue weighted by Crippen LogP contribution is -2.69. The van der Waals surface area contributed by atoms with Crippen molar-refractivity contribution in [1.82, 2.24) is 19.4 Å². The van der Waals surface area contributed by atoms with Crippen molar-refractivity contribution in [1.29, 1.82) is 0 Å². The Bertz CT molecular complexity index is 1390. The van der Waals surface area contributed by atoms with Gasteiger partial charge < -0.3 is 15.0 Å². The van der Waals surface area contributed by atoms with Crippen molar-refractivity contribution in [3.8, 4) is 5.75 Å². The molecule has 9 heteroatoms. The molecular formula is C26H30FN5O3. The molecular weight excluding hydrogens is 449 g/mol. The van der Waals surface area contributed by atoms with Crippen LogP contribution in [0.4, 0.5) is 16.0 Å². The number of carbonyl (C=O) groups is 1. The zero-order valence-corrected chi connectivity index (χ0v) is 20.7. The summed E-state index contributed by atoms with van der Waals surface area (Å²) in [4.78, 5) is 36.9. The normalized spacial score (nSPS) is 22.6. The van der Waals surface area contributed by atoms with E-state index in [2.05, 4.69) is 17.2 Å². The molecule has 2 bridgehead atoms. The van der Waals surface area contributed by atoms with Crippen LogP contribution in [0, 0.1) is 24.6 Å². The molecule has 0 amide bonds. The fourth-order valence-corrected chi connectivity index (χ4v) is 5.44. The first-order valence-corrected chi connectivity index (χ1v) is 11.9. The van der Waals surface area contributed by atoms with Gasteiger partial charge in [0.1, 0.15) is 12.3 Å². The monoisotopic (exact) mass is 479 g/mol. The Labute approximate surface area is 203 Å². The van der Waals surface area contributed by atoms with Crippen molar-refractivity contribution in [2.75, 3.05) is 32.6 Å². The van der Waals surface area contributed by atoms with Gasteiger partial charge in [-0.25, -0.2) is 9.37 Å². The second kappa shape index (κ2) is 8.41. The summed E-state index contributed by atoms with van der Waals surface area (Å²) in [5.74, 6) is 0.645. The number of anilines is 2. The van der Waals surface area contributed by atoms with Gasteiger partial charge in [0.2, 0.25) is 5.95 Å². The smallest absolute Gasteiger partial charge is 0.263 e. The van der Waals surface area contributed by atoms with Crippen molar-refractivity contribution in [2.24, 2.45) is 11.8 Å². The highest BCUT2D eigenvalue weighted by atomic mass is 19.1. The zero-order chi connectivity index (χ0) is 25.1. The van der Waals surface area contributed by atoms with Crippen LogP contribution in [0.3, 0.4) is 0 Å². The number of pyridine rings is 1. The van der Waals surface area contributed by atoms with Crippen LogP contribution in [0.25, 0.3) is 11.0 Å². The van der Waals surface area contributed by atoms with E-state index in [0.717, 1.165) is 12.8 Å². The van der Waals surface area contributed by atoms with Gasteiger partial charge in [-0.2, -0.15) is 4.98 Å². The summed E-state index contributed by atoms with van der Waals surface area (Å²) in [5.41, 5.74) is 1.16. The minimum atomic E-state index is -0.490. The maximum Gasteiger partial charge on any atom is 0.263 e. The van der Waals surface area contributed by atoms with Crippen LogP contribution >= 0.6 is 0 Å². The Morgan fingerprint density at radius 2 is 2.09 bits per heavy atom. The Morgan fingerprint density at radius 1 is 1.34 bits per heavy atom. The van der Waals surface area contributed by atoms with E-state index in [4.69, 9.17) is 9.72 Å². The third-order valence-corrected chi connectivity index (χ3v) is 7.74. The molecule has 1 atom stereocenters. The summed E-state index contributed by atoms with van der Waals surface area (Å²) < 4.78 is 21.8. The van der Waals surface area contributed by atoms with Gasteiger partial charge in [-0.3, -0.25) is 14.2 Å². The van der Waals surface area contributed by atoms with Crippen LogP contribution in [0.2, 0.25) is 0 Å². The molecule has 6 rings (SSSR count). The van der Waals surface area contributed by atoms with E-state index >= 15 is 0 Å². The molecule has 35 heavy (non-hydrogen) atoms. The van der Waals surface area contributed by atoms with E-state index < -0.39 is 5.82 Å². The van der Waals surface area contributed by atoms with Crippen LogP contribution in [-0.2, 0) is 5.54 Å². The number of Topliss-reactive ketones (excluding diaryl/α,β-unsaturated/α-hetero) is 1. The highest BCUT2D eigenvalue weighted by Crippen LogP contribution is 2.66. The first-order valence-electron chi connectivity index (χ1n) is 11.9. The van der Waals surface area contributed by atoms with E-state index in [1.807, 2.05) is 19.0 Å². The number of nitrogens with one attached hydrogen (secondary N) is 1. The average molecular weight is 480 g/mol. The Hall–Kier alpha value is -3.33. The van der Waals surface area contributed by atoms with Gasteiger partial charge in [0.25, 0.3) is 5.56 Å². The van der Waals surface area contributed by atoms with E-state index in [1.165, 1.54) is 13.0 Å². The number of likely N-dealkylation sites (N-methyl/N-ethyl adjacent to an activating group) is 1. The molecule has 0 radical (unpaired) electrons. The Kier molecular flexibility index (Phi) is 5.62. The molecule has 0 aliphatic heterocycles. The Morgan fingerprint density at radius 3 is 2.66 bits per heavy atom. The first-order chi connectivity index (χ1) is 16.6. The fourth-order valence-electron chi connectivity index (χ4n) is 5.44. The van der Waals surface area contributed by atoms with Gasteiger partial charge >= 0.3 is 0 Å². The average Bonchev–Trinajstić information content (AvgIpc) is 2.76. The topological polar surface area (TPSA) is 89.3 Å². The summed E-state index contributed by atoms with van der Waals surface area (Å²) >= 11 is 0. The molecule has 2 heterocycles. The lowest BCUT2D eigenvalue weighted by molar-refractivity contribution is -0.162. The molecule has 8 nitrogen and oxygen atoms in total. The standard InChI is InChI=1S/C26H30FN5O3/c1-14-19-13-28-25(29-18-6-7-21(20(27)10-18)35-9-8-31(4)5)30-23(19)32(24(34)22(14)16(3)33)26-11-17(12-26)15(26)2/h6-7,10,13,15,17H,8-9,11-12H2,1-5H3,(H,28,29,30)/t15-,17?,26?/m1/s1. The minimum absolute atomic E-state index is 0.177. The first kappa shape index (κ1) is 23.4. The van der Waals surface area contributed by atoms with Gasteiger partial charge in [-0.1, -0.05) is 6.92 Å². The van der Waals surface area contributed by atoms with Crippen molar-refractivity contribution in [3.05, 3.63) is 51.7 Å². The van der Waals surface area contributed by atoms with Gasteiger partial charge in [0.05, 0.1) is 11.1 Å². The molecule has 0 saturated heterocycles. The van der Waals surface area contributed by atoms with Crippen molar-refractivity contribution < 1.29 is 13.9 Å². The summed E-state index contributed by atoms with van der Waals surface area (Å²) in [6, 6.07) is 4.60. The second-order valence-electron chi connectivity index (χ2n) is 10.1. The minimum Gasteiger partial charge on any atom is -0.489 e. The molecule has 2 aromatic heterocycles. The molecule has 0 unspecified atom stereocenters. The van der Waals surface area contributed by atoms with Gasteiger partial charge in [0, 0.05) is 29.9 Å². The fraction of sp³-hybridized carbons (Fsp3) is 0.462. The zero-order valence-electron chi connectivity index (χ0n) is 20.7. The maximum absolute atomic E-state index is 14.6. The SMILES string of the molecule is CC(=O)c1c(C)c2cnc(Nc3ccc(OCCN(C)C)c(F)c3)nc2n(C23CC(C2)[C@H]3C)c1=O. The highest BCUT2D eigenvalue weighted by Gasteiger charge is 2.65. The molecule has 0 spiro atoms. The number of rotatable bonds is 8. The highest BCUT2D eigenvalue weighted by molar-refractivity contribution is 5.99. The number of ketones is 1. The van der Waals surface area contributed by atoms with E-state index in [-0.39, 0.29) is 34.1 Å². The second-order valence-corrected chi connectivity index (χ2v) is 10.1. The number of ether oxygens (including phenoxy) is 1. The summed E-state index contributed by atoms with van der Waals surface area (Å²) in [6.45, 7) is 6.39. The predicted molar refractivity (Wildman–Crippen MR) is 132 cm³/mol. The number of benzene rings is 1. The number of nitrogens with zero attached hydrogens (tertiary/aromatic N) is 4. The molecule has 3 saturated carbocycles. The van der Waals surface area contributed by atoms with Crippen molar-refractivity contribution in [3.63, 3.8) is 0 Å². The number of carbonyl (C=O) groups excluding carboxylic acids is 1. The number of halogens is 1. The van der Waals surface area contributed by atoms with Crippen LogP contribution in [0.15, 0.2) is 29.2 Å². The number of aryl methyl sites for hydroxylation is 1. The third kappa shape index (κ3) is 3.69. The van der Waals surface area contributed by atoms with Crippen LogP contribution in [0.5, 0.6) is 5.75 Å². The maximum atomic E-state index is 14.6. The number of hydrogen-bond donors (Lipinski definition) is 1. The number of aromatic nitrogens is 3. The van der Waals surface area contributed by atoms with Crippen LogP contribution in [-0.4, -0.2) is 52.5 Å². The van der Waals surface area contributed by atoms with Crippen LogP contribution in [0.1, 0.15) is 42.6 Å². The molecule has 1 N–H and O–H groups in total. The molecule has 3 fully saturated rings.